The number of carbonyl (C=O) groups excluding carboxylic acids is 1. The molecule has 0 radical (unpaired) electrons. The summed E-state index contributed by atoms with van der Waals surface area (Å²) in [5.41, 5.74) is 0.0292. The Kier molecular flexibility index (Phi) is 4.23. The summed E-state index contributed by atoms with van der Waals surface area (Å²) in [7, 11) is 0. The lowest BCUT2D eigenvalue weighted by Crippen LogP contribution is -2.41. The minimum absolute atomic E-state index is 0.275. The van der Waals surface area contributed by atoms with Gasteiger partial charge in [-0.2, -0.15) is 0 Å². The van der Waals surface area contributed by atoms with Crippen LogP contribution in [0.5, 0.6) is 0 Å². The number of aliphatic hydroxyl groups is 1. The Hall–Kier alpha value is -1.42. The molecule has 3 nitrogen and oxygen atoms in total. The lowest BCUT2D eigenvalue weighted by molar-refractivity contribution is -0.128. The van der Waals surface area contributed by atoms with Crippen LogP contribution in [0.3, 0.4) is 0 Å². The molecule has 1 amide bonds. The van der Waals surface area contributed by atoms with E-state index >= 15 is 0 Å². The normalized spacial score (nSPS) is 13.2. The number of benzene rings is 1. The second-order valence-corrected chi connectivity index (χ2v) is 4.76. The van der Waals surface area contributed by atoms with Crippen LogP contribution < -0.4 is 5.32 Å². The Labute approximate surface area is 101 Å². The zero-order valence-corrected chi connectivity index (χ0v) is 10.3. The van der Waals surface area contributed by atoms with Crippen molar-refractivity contribution in [3.05, 3.63) is 35.6 Å². The maximum atomic E-state index is 13.6. The highest BCUT2D eigenvalue weighted by Crippen LogP contribution is 2.24. The van der Waals surface area contributed by atoms with Crippen LogP contribution in [-0.2, 0) is 10.2 Å². The molecule has 0 heterocycles. The molecule has 0 aliphatic rings. The second kappa shape index (κ2) is 5.27. The summed E-state index contributed by atoms with van der Waals surface area (Å²) in [6, 6.07) is 6.48. The number of nitrogens with one attached hydrogen (secondary N) is 1. The van der Waals surface area contributed by atoms with Gasteiger partial charge < -0.3 is 10.4 Å². The summed E-state index contributed by atoms with van der Waals surface area (Å²) >= 11 is 0. The number of carbonyl (C=O) groups is 1. The summed E-state index contributed by atoms with van der Waals surface area (Å²) in [5, 5.41) is 11.6. The van der Waals surface area contributed by atoms with E-state index < -0.39 is 17.4 Å². The third-order valence-electron chi connectivity index (χ3n) is 2.69. The minimum Gasteiger partial charge on any atom is -0.384 e. The molecule has 1 atom stereocenters. The monoisotopic (exact) mass is 239 g/mol. The van der Waals surface area contributed by atoms with Crippen LogP contribution >= 0.6 is 0 Å². The first kappa shape index (κ1) is 13.6. The quantitative estimate of drug-likeness (QED) is 0.838. The van der Waals surface area contributed by atoms with E-state index in [0.29, 0.717) is 5.56 Å². The van der Waals surface area contributed by atoms with Gasteiger partial charge >= 0.3 is 0 Å². The first-order valence-corrected chi connectivity index (χ1v) is 5.55. The van der Waals surface area contributed by atoms with Gasteiger partial charge in [0.1, 0.15) is 11.9 Å². The standard InChI is InChI=1S/C13H18FNO2/c1-9(16)12(17)15-8-13(2,3)10-6-4-5-7-11(10)14/h4-7,9,16H,8H2,1-3H3,(H,15,17). The largest absolute Gasteiger partial charge is 0.384 e. The molecular weight excluding hydrogens is 221 g/mol. The van der Waals surface area contributed by atoms with Gasteiger partial charge in [-0.3, -0.25) is 4.79 Å². The van der Waals surface area contributed by atoms with Crippen molar-refractivity contribution < 1.29 is 14.3 Å². The maximum Gasteiger partial charge on any atom is 0.248 e. The van der Waals surface area contributed by atoms with E-state index in [1.54, 1.807) is 18.2 Å². The number of hydrogen-bond donors (Lipinski definition) is 2. The molecule has 0 aromatic heterocycles. The smallest absolute Gasteiger partial charge is 0.248 e. The molecule has 1 aromatic carbocycles. The van der Waals surface area contributed by atoms with E-state index in [4.69, 9.17) is 5.11 Å². The molecule has 0 spiro atoms. The second-order valence-electron chi connectivity index (χ2n) is 4.76. The Morgan fingerprint density at radius 3 is 2.59 bits per heavy atom. The number of halogens is 1. The van der Waals surface area contributed by atoms with Crippen molar-refractivity contribution in [2.24, 2.45) is 0 Å². The number of aliphatic hydroxyl groups excluding tert-OH is 1. The first-order chi connectivity index (χ1) is 7.84. The van der Waals surface area contributed by atoms with E-state index in [2.05, 4.69) is 5.32 Å². The van der Waals surface area contributed by atoms with Gasteiger partial charge in [-0.05, 0) is 18.6 Å². The topological polar surface area (TPSA) is 49.3 Å². The molecule has 4 heteroatoms. The number of hydrogen-bond acceptors (Lipinski definition) is 2. The summed E-state index contributed by atoms with van der Waals surface area (Å²) in [4.78, 5) is 11.3. The highest BCUT2D eigenvalue weighted by Gasteiger charge is 2.25. The first-order valence-electron chi connectivity index (χ1n) is 5.55. The molecule has 1 rings (SSSR count). The van der Waals surface area contributed by atoms with Gasteiger partial charge in [0.05, 0.1) is 0 Å². The Morgan fingerprint density at radius 1 is 1.47 bits per heavy atom. The predicted molar refractivity (Wildman–Crippen MR) is 64.1 cm³/mol. The van der Waals surface area contributed by atoms with Crippen LogP contribution in [0, 0.1) is 5.82 Å². The van der Waals surface area contributed by atoms with Crippen molar-refractivity contribution in [2.45, 2.75) is 32.3 Å². The lowest BCUT2D eigenvalue weighted by atomic mass is 9.84. The molecule has 0 aliphatic heterocycles. The van der Waals surface area contributed by atoms with Crippen molar-refractivity contribution in [3.8, 4) is 0 Å². The lowest BCUT2D eigenvalue weighted by Gasteiger charge is -2.26. The van der Waals surface area contributed by atoms with E-state index in [9.17, 15) is 9.18 Å². The van der Waals surface area contributed by atoms with Crippen molar-refractivity contribution in [1.29, 1.82) is 0 Å². The zero-order valence-electron chi connectivity index (χ0n) is 10.3. The van der Waals surface area contributed by atoms with Crippen molar-refractivity contribution >= 4 is 5.91 Å². The summed E-state index contributed by atoms with van der Waals surface area (Å²) in [6.45, 7) is 5.35. The predicted octanol–water partition coefficient (Wildman–Crippen LogP) is 1.60. The van der Waals surface area contributed by atoms with Gasteiger partial charge in [0.15, 0.2) is 0 Å². The molecule has 0 bridgehead atoms. The van der Waals surface area contributed by atoms with Gasteiger partial charge in [-0.1, -0.05) is 32.0 Å². The van der Waals surface area contributed by atoms with Crippen molar-refractivity contribution in [2.75, 3.05) is 6.54 Å². The third kappa shape index (κ3) is 3.53. The molecule has 0 aliphatic carbocycles. The van der Waals surface area contributed by atoms with Gasteiger partial charge in [-0.25, -0.2) is 4.39 Å². The van der Waals surface area contributed by atoms with E-state index in [1.807, 2.05) is 13.8 Å². The van der Waals surface area contributed by atoms with Gasteiger partial charge in [0.2, 0.25) is 5.91 Å². The van der Waals surface area contributed by atoms with Crippen molar-refractivity contribution in [1.82, 2.24) is 5.32 Å². The van der Waals surface area contributed by atoms with Gasteiger partial charge in [0, 0.05) is 12.0 Å². The molecule has 1 aromatic rings. The number of rotatable bonds is 4. The average molecular weight is 239 g/mol. The molecular formula is C13H18FNO2. The van der Waals surface area contributed by atoms with E-state index in [0.717, 1.165) is 0 Å². The maximum absolute atomic E-state index is 13.6. The molecule has 2 N–H and O–H groups in total. The third-order valence-corrected chi connectivity index (χ3v) is 2.69. The Morgan fingerprint density at radius 2 is 2.06 bits per heavy atom. The van der Waals surface area contributed by atoms with E-state index in [1.165, 1.54) is 13.0 Å². The highest BCUT2D eigenvalue weighted by molar-refractivity contribution is 5.80. The molecule has 0 fully saturated rings. The van der Waals surface area contributed by atoms with Crippen LogP contribution in [0.25, 0.3) is 0 Å². The van der Waals surface area contributed by atoms with Gasteiger partial charge in [0.25, 0.3) is 0 Å². The van der Waals surface area contributed by atoms with Crippen LogP contribution in [-0.4, -0.2) is 23.7 Å². The molecule has 0 saturated heterocycles. The summed E-state index contributed by atoms with van der Waals surface area (Å²) < 4.78 is 13.6. The van der Waals surface area contributed by atoms with E-state index in [-0.39, 0.29) is 12.4 Å². The van der Waals surface area contributed by atoms with Crippen LogP contribution in [0.2, 0.25) is 0 Å². The summed E-state index contributed by atoms with van der Waals surface area (Å²) in [6.07, 6.45) is -1.05. The average Bonchev–Trinajstić information content (AvgIpc) is 2.26. The Bertz CT molecular complexity index is 402. The van der Waals surface area contributed by atoms with Crippen molar-refractivity contribution in [3.63, 3.8) is 0 Å². The molecule has 1 unspecified atom stereocenters. The summed E-state index contributed by atoms with van der Waals surface area (Å²) in [5.74, 6) is -0.738. The number of amides is 1. The molecule has 17 heavy (non-hydrogen) atoms. The fraction of sp³-hybridized carbons (Fsp3) is 0.462. The zero-order chi connectivity index (χ0) is 13.1. The fourth-order valence-electron chi connectivity index (χ4n) is 1.56. The highest BCUT2D eigenvalue weighted by atomic mass is 19.1. The molecule has 0 saturated carbocycles. The van der Waals surface area contributed by atoms with Crippen LogP contribution in [0.1, 0.15) is 26.3 Å². The van der Waals surface area contributed by atoms with Crippen LogP contribution in [0.15, 0.2) is 24.3 Å². The molecule has 94 valence electrons. The van der Waals surface area contributed by atoms with Crippen LogP contribution in [0.4, 0.5) is 4.39 Å². The fourth-order valence-corrected chi connectivity index (χ4v) is 1.56. The SMILES string of the molecule is CC(O)C(=O)NCC(C)(C)c1ccccc1F. The Balaban J connectivity index is 2.76. The minimum atomic E-state index is -1.05. The van der Waals surface area contributed by atoms with Gasteiger partial charge in [-0.15, -0.1) is 0 Å².